The van der Waals surface area contributed by atoms with Crippen molar-refractivity contribution in [2.24, 2.45) is 0 Å². The predicted molar refractivity (Wildman–Crippen MR) is 105 cm³/mol. The summed E-state index contributed by atoms with van der Waals surface area (Å²) in [7, 11) is 0. The maximum Gasteiger partial charge on any atom is 0.265 e. The van der Waals surface area contributed by atoms with Crippen molar-refractivity contribution in [2.75, 3.05) is 5.32 Å². The van der Waals surface area contributed by atoms with Crippen LogP contribution in [0.4, 0.5) is 5.69 Å². The van der Waals surface area contributed by atoms with Gasteiger partial charge in [-0.15, -0.1) is 11.3 Å². The molecule has 0 saturated carbocycles. The van der Waals surface area contributed by atoms with E-state index in [0.29, 0.717) is 33.5 Å². The van der Waals surface area contributed by atoms with Gasteiger partial charge in [0.1, 0.15) is 12.4 Å². The molecule has 1 heterocycles. The van der Waals surface area contributed by atoms with E-state index in [1.54, 1.807) is 42.5 Å². The topological polar surface area (TPSA) is 55.4 Å². The van der Waals surface area contributed by atoms with Crippen molar-refractivity contribution in [3.8, 4) is 5.75 Å². The number of ether oxygens (including phenoxy) is 1. The number of amides is 1. The molecule has 3 rings (SSSR count). The number of hydrogen-bond donors (Lipinski definition) is 1. The van der Waals surface area contributed by atoms with Crippen LogP contribution in [0, 0.1) is 0 Å². The number of halogens is 1. The molecule has 0 atom stereocenters. The van der Waals surface area contributed by atoms with Gasteiger partial charge >= 0.3 is 0 Å². The number of Topliss-reactive ketones (excluding diaryl/α,β-unsaturated/α-hetero) is 1. The molecule has 1 amide bonds. The molecule has 0 aliphatic rings. The summed E-state index contributed by atoms with van der Waals surface area (Å²) in [6.07, 6.45) is 0. The fourth-order valence-electron chi connectivity index (χ4n) is 2.27. The molecular formula is C20H16ClNO3S. The summed E-state index contributed by atoms with van der Waals surface area (Å²) in [5.74, 6) is 0.399. The Morgan fingerprint density at radius 2 is 1.85 bits per heavy atom. The first-order valence-electron chi connectivity index (χ1n) is 7.90. The summed E-state index contributed by atoms with van der Waals surface area (Å²) in [4.78, 5) is 24.2. The van der Waals surface area contributed by atoms with Crippen molar-refractivity contribution in [1.82, 2.24) is 0 Å². The molecule has 0 spiro atoms. The van der Waals surface area contributed by atoms with Gasteiger partial charge in [0.2, 0.25) is 0 Å². The Morgan fingerprint density at radius 1 is 1.12 bits per heavy atom. The van der Waals surface area contributed by atoms with E-state index in [1.807, 2.05) is 17.5 Å². The highest BCUT2D eigenvalue weighted by Gasteiger charge is 2.11. The standard InChI is InChI=1S/C20H16ClNO3S/c1-13(23)15-6-8-16(9-7-15)22-20(24)19-10-14(12-26-19)11-25-18-5-3-2-4-17(18)21/h2-10,12H,11H2,1H3,(H,22,24). The van der Waals surface area contributed by atoms with E-state index in [9.17, 15) is 9.59 Å². The molecule has 0 fully saturated rings. The SMILES string of the molecule is CC(=O)c1ccc(NC(=O)c2cc(COc3ccccc3Cl)cs2)cc1. The number of anilines is 1. The molecule has 26 heavy (non-hydrogen) atoms. The van der Waals surface area contributed by atoms with Crippen molar-refractivity contribution in [3.63, 3.8) is 0 Å². The summed E-state index contributed by atoms with van der Waals surface area (Å²) in [6.45, 7) is 1.84. The average molecular weight is 386 g/mol. The number of ketones is 1. The molecule has 1 aromatic heterocycles. The fraction of sp³-hybridized carbons (Fsp3) is 0.100. The van der Waals surface area contributed by atoms with Crippen LogP contribution in [0.15, 0.2) is 60.0 Å². The molecule has 0 aliphatic carbocycles. The van der Waals surface area contributed by atoms with Crippen LogP contribution in [0.5, 0.6) is 5.75 Å². The lowest BCUT2D eigenvalue weighted by molar-refractivity contribution is 0.101. The minimum absolute atomic E-state index is 0.00991. The number of rotatable bonds is 6. The maximum absolute atomic E-state index is 12.3. The summed E-state index contributed by atoms with van der Waals surface area (Å²) in [5.41, 5.74) is 2.15. The molecule has 4 nitrogen and oxygen atoms in total. The van der Waals surface area contributed by atoms with Crippen LogP contribution in [0.1, 0.15) is 32.5 Å². The van der Waals surface area contributed by atoms with Crippen molar-refractivity contribution < 1.29 is 14.3 Å². The zero-order chi connectivity index (χ0) is 18.5. The van der Waals surface area contributed by atoms with Gasteiger partial charge in [-0.2, -0.15) is 0 Å². The van der Waals surface area contributed by atoms with Gasteiger partial charge in [-0.05, 0) is 54.8 Å². The van der Waals surface area contributed by atoms with Gasteiger partial charge in [0, 0.05) is 16.8 Å². The van der Waals surface area contributed by atoms with Gasteiger partial charge in [0.25, 0.3) is 5.91 Å². The molecule has 0 aliphatic heterocycles. The van der Waals surface area contributed by atoms with Crippen molar-refractivity contribution in [2.45, 2.75) is 13.5 Å². The minimum Gasteiger partial charge on any atom is -0.487 e. The van der Waals surface area contributed by atoms with Crippen LogP contribution in [-0.2, 0) is 6.61 Å². The fourth-order valence-corrected chi connectivity index (χ4v) is 3.26. The Kier molecular flexibility index (Phi) is 5.71. The summed E-state index contributed by atoms with van der Waals surface area (Å²) in [5, 5.41) is 5.25. The number of hydrogen-bond acceptors (Lipinski definition) is 4. The molecule has 132 valence electrons. The molecule has 0 bridgehead atoms. The van der Waals surface area contributed by atoms with Crippen LogP contribution in [0.25, 0.3) is 0 Å². The van der Waals surface area contributed by atoms with Gasteiger partial charge in [-0.25, -0.2) is 0 Å². The second kappa shape index (κ2) is 8.17. The lowest BCUT2D eigenvalue weighted by Crippen LogP contribution is -2.10. The van der Waals surface area contributed by atoms with Gasteiger partial charge in [-0.3, -0.25) is 9.59 Å². The lowest BCUT2D eigenvalue weighted by Gasteiger charge is -2.06. The maximum atomic E-state index is 12.3. The Hall–Kier alpha value is -2.63. The number of para-hydroxylation sites is 1. The molecule has 0 radical (unpaired) electrons. The lowest BCUT2D eigenvalue weighted by atomic mass is 10.1. The average Bonchev–Trinajstić information content (AvgIpc) is 3.11. The Labute approximate surface area is 160 Å². The summed E-state index contributed by atoms with van der Waals surface area (Å²) in [6, 6.07) is 15.8. The second-order valence-corrected chi connectivity index (χ2v) is 6.94. The highest BCUT2D eigenvalue weighted by atomic mass is 35.5. The number of benzene rings is 2. The Balaban J connectivity index is 1.60. The number of nitrogens with one attached hydrogen (secondary N) is 1. The summed E-state index contributed by atoms with van der Waals surface area (Å²) < 4.78 is 5.68. The number of carbonyl (C=O) groups excluding carboxylic acids is 2. The normalized spacial score (nSPS) is 10.4. The van der Waals surface area contributed by atoms with E-state index in [2.05, 4.69) is 5.32 Å². The number of thiophene rings is 1. The van der Waals surface area contributed by atoms with Gasteiger partial charge < -0.3 is 10.1 Å². The van der Waals surface area contributed by atoms with E-state index >= 15 is 0 Å². The van der Waals surface area contributed by atoms with Gasteiger partial charge in [0.05, 0.1) is 9.90 Å². The van der Waals surface area contributed by atoms with E-state index in [1.165, 1.54) is 18.3 Å². The van der Waals surface area contributed by atoms with Crippen molar-refractivity contribution >= 4 is 40.3 Å². The molecule has 3 aromatic rings. The van der Waals surface area contributed by atoms with Crippen LogP contribution in [-0.4, -0.2) is 11.7 Å². The van der Waals surface area contributed by atoms with Crippen LogP contribution < -0.4 is 10.1 Å². The Morgan fingerprint density at radius 3 is 2.54 bits per heavy atom. The van der Waals surface area contributed by atoms with Crippen molar-refractivity contribution in [1.29, 1.82) is 0 Å². The highest BCUT2D eigenvalue weighted by molar-refractivity contribution is 7.12. The Bertz CT molecular complexity index is 934. The number of carbonyl (C=O) groups is 2. The smallest absolute Gasteiger partial charge is 0.265 e. The van der Waals surface area contributed by atoms with Gasteiger partial charge in [-0.1, -0.05) is 23.7 Å². The molecule has 2 aromatic carbocycles. The molecule has 6 heteroatoms. The van der Waals surface area contributed by atoms with Crippen molar-refractivity contribution in [3.05, 3.63) is 81.0 Å². The van der Waals surface area contributed by atoms with Gasteiger partial charge in [0.15, 0.2) is 5.78 Å². The molecule has 0 unspecified atom stereocenters. The monoisotopic (exact) mass is 385 g/mol. The zero-order valence-electron chi connectivity index (χ0n) is 14.0. The third kappa shape index (κ3) is 4.50. The molecule has 1 N–H and O–H groups in total. The van der Waals surface area contributed by atoms with E-state index in [0.717, 1.165) is 5.56 Å². The quantitative estimate of drug-likeness (QED) is 0.575. The van der Waals surface area contributed by atoms with E-state index in [4.69, 9.17) is 16.3 Å². The largest absolute Gasteiger partial charge is 0.487 e. The highest BCUT2D eigenvalue weighted by Crippen LogP contribution is 2.25. The molecule has 0 saturated heterocycles. The van der Waals surface area contributed by atoms with Crippen LogP contribution in [0.2, 0.25) is 5.02 Å². The predicted octanol–water partition coefficient (Wildman–Crippen LogP) is 5.44. The summed E-state index contributed by atoms with van der Waals surface area (Å²) >= 11 is 7.40. The minimum atomic E-state index is -0.199. The first-order valence-corrected chi connectivity index (χ1v) is 9.16. The van der Waals surface area contributed by atoms with Crippen LogP contribution >= 0.6 is 22.9 Å². The second-order valence-electron chi connectivity index (χ2n) is 5.63. The van der Waals surface area contributed by atoms with E-state index < -0.39 is 0 Å². The third-order valence-corrected chi connectivity index (χ3v) is 4.95. The first-order chi connectivity index (χ1) is 12.5. The third-order valence-electron chi connectivity index (χ3n) is 3.66. The molecular weight excluding hydrogens is 370 g/mol. The van der Waals surface area contributed by atoms with E-state index in [-0.39, 0.29) is 11.7 Å². The zero-order valence-corrected chi connectivity index (χ0v) is 15.6. The first kappa shape index (κ1) is 18.2. The van der Waals surface area contributed by atoms with Crippen LogP contribution in [0.3, 0.4) is 0 Å².